The summed E-state index contributed by atoms with van der Waals surface area (Å²) in [6.07, 6.45) is 7.30. The van der Waals surface area contributed by atoms with Crippen LogP contribution in [0.1, 0.15) is 20.8 Å². The number of aliphatic hydroxyl groups is 1. The van der Waals surface area contributed by atoms with E-state index in [1.54, 1.807) is 19.2 Å². The van der Waals surface area contributed by atoms with Gasteiger partial charge in [0.15, 0.2) is 6.23 Å². The maximum Gasteiger partial charge on any atom is 0.208 e. The number of hydrogen-bond acceptors (Lipinski definition) is 6. The first kappa shape index (κ1) is 15.8. The minimum atomic E-state index is -0.678. The number of nitrogens with zero attached hydrogens (tertiary/aromatic N) is 3. The molecule has 3 heterocycles. The van der Waals surface area contributed by atoms with Gasteiger partial charge in [-0.05, 0) is 36.6 Å². The van der Waals surface area contributed by atoms with Crippen molar-refractivity contribution in [2.24, 2.45) is 11.0 Å². The zero-order valence-electron chi connectivity index (χ0n) is 14.2. The lowest BCUT2D eigenvalue weighted by atomic mass is 9.95. The van der Waals surface area contributed by atoms with Crippen molar-refractivity contribution < 1.29 is 9.84 Å². The largest absolute Gasteiger partial charge is 0.481 e. The van der Waals surface area contributed by atoms with Gasteiger partial charge in [-0.1, -0.05) is 13.8 Å². The summed E-state index contributed by atoms with van der Waals surface area (Å²) in [5.41, 5.74) is 7.36. The average molecular weight is 316 g/mol. The van der Waals surface area contributed by atoms with Gasteiger partial charge in [0.2, 0.25) is 5.88 Å². The lowest BCUT2D eigenvalue weighted by molar-refractivity contribution is 0.0625. The van der Waals surface area contributed by atoms with E-state index in [9.17, 15) is 5.11 Å². The molecule has 3 aliphatic rings. The van der Waals surface area contributed by atoms with Gasteiger partial charge < -0.3 is 9.84 Å². The number of aliphatic hydroxyl groups excluding tert-OH is 1. The van der Waals surface area contributed by atoms with Crippen LogP contribution in [0.4, 0.5) is 0 Å². The maximum absolute atomic E-state index is 9.90. The summed E-state index contributed by atoms with van der Waals surface area (Å²) in [5, 5.41) is 18.0. The molecule has 0 saturated heterocycles. The molecular formula is C17H24N4O2. The van der Waals surface area contributed by atoms with E-state index in [0.29, 0.717) is 5.92 Å². The number of likely N-dealkylation sites (N-methyl/N-ethyl adjacent to an activating group) is 1. The van der Waals surface area contributed by atoms with Crippen LogP contribution >= 0.6 is 0 Å². The van der Waals surface area contributed by atoms with Gasteiger partial charge in [-0.2, -0.15) is 5.10 Å². The molecule has 0 aromatic heterocycles. The van der Waals surface area contributed by atoms with Crippen LogP contribution in [0.2, 0.25) is 0 Å². The highest BCUT2D eigenvalue weighted by atomic mass is 16.5. The summed E-state index contributed by atoms with van der Waals surface area (Å²) in [7, 11) is 3.43. The molecule has 2 atom stereocenters. The molecule has 3 rings (SSSR count). The lowest BCUT2D eigenvalue weighted by Crippen LogP contribution is -2.41. The van der Waals surface area contributed by atoms with Gasteiger partial charge in [0, 0.05) is 24.7 Å². The van der Waals surface area contributed by atoms with Crippen molar-refractivity contribution in [3.8, 4) is 0 Å². The zero-order chi connectivity index (χ0) is 16.7. The number of nitrogens with one attached hydrogen (secondary N) is 1. The molecule has 0 spiro atoms. The molecule has 2 N–H and O–H groups in total. The number of hydrazone groups is 1. The van der Waals surface area contributed by atoms with E-state index in [1.165, 1.54) is 0 Å². The highest BCUT2D eigenvalue weighted by Gasteiger charge is 2.34. The van der Waals surface area contributed by atoms with E-state index >= 15 is 0 Å². The molecule has 2 unspecified atom stereocenters. The molecule has 0 radical (unpaired) electrons. The molecule has 0 bridgehead atoms. The SMILES string of the molecule is COC1=CC=C(C2=NN(C)C(O)C=C2C)C2=CC(C(C)C)NN12. The van der Waals surface area contributed by atoms with Gasteiger partial charge in [-0.15, -0.1) is 0 Å². The summed E-state index contributed by atoms with van der Waals surface area (Å²) in [6.45, 7) is 6.33. The van der Waals surface area contributed by atoms with Crippen LogP contribution in [0.3, 0.4) is 0 Å². The van der Waals surface area contributed by atoms with Crippen molar-refractivity contribution in [1.29, 1.82) is 0 Å². The fourth-order valence-electron chi connectivity index (χ4n) is 2.88. The molecule has 23 heavy (non-hydrogen) atoms. The van der Waals surface area contributed by atoms with Gasteiger partial charge in [0.05, 0.1) is 18.5 Å². The number of hydrogen-bond donors (Lipinski definition) is 2. The maximum atomic E-state index is 9.90. The smallest absolute Gasteiger partial charge is 0.208 e. The summed E-state index contributed by atoms with van der Waals surface area (Å²) >= 11 is 0. The van der Waals surface area contributed by atoms with E-state index in [0.717, 1.165) is 28.4 Å². The normalized spacial score (nSPS) is 27.2. The zero-order valence-corrected chi connectivity index (χ0v) is 14.2. The summed E-state index contributed by atoms with van der Waals surface area (Å²) in [6, 6.07) is 0.238. The quantitative estimate of drug-likeness (QED) is 0.830. The van der Waals surface area contributed by atoms with Crippen LogP contribution in [0.15, 0.2) is 52.1 Å². The van der Waals surface area contributed by atoms with Crippen LogP contribution in [-0.2, 0) is 4.74 Å². The second-order valence-electron chi connectivity index (χ2n) is 6.36. The number of ether oxygens (including phenoxy) is 1. The Morgan fingerprint density at radius 3 is 2.70 bits per heavy atom. The Labute approximate surface area is 137 Å². The Bertz CT molecular complexity index is 658. The average Bonchev–Trinajstić information content (AvgIpc) is 2.95. The van der Waals surface area contributed by atoms with Gasteiger partial charge >= 0.3 is 0 Å². The molecule has 124 valence electrons. The molecule has 0 aliphatic carbocycles. The van der Waals surface area contributed by atoms with Crippen LogP contribution in [0, 0.1) is 5.92 Å². The van der Waals surface area contributed by atoms with Crippen molar-refractivity contribution in [2.45, 2.75) is 33.0 Å². The number of rotatable bonds is 3. The predicted octanol–water partition coefficient (Wildman–Crippen LogP) is 1.71. The molecule has 0 fully saturated rings. The van der Waals surface area contributed by atoms with Gasteiger partial charge in [0.1, 0.15) is 0 Å². The van der Waals surface area contributed by atoms with Crippen molar-refractivity contribution in [3.05, 3.63) is 47.0 Å². The second kappa shape index (κ2) is 5.86. The third kappa shape index (κ3) is 2.68. The molecule has 6 nitrogen and oxygen atoms in total. The fraction of sp³-hybridized carbons (Fsp3) is 0.471. The molecular weight excluding hydrogens is 292 g/mol. The van der Waals surface area contributed by atoms with E-state index < -0.39 is 6.23 Å². The van der Waals surface area contributed by atoms with Crippen molar-refractivity contribution in [2.75, 3.05) is 14.2 Å². The first-order valence-electron chi connectivity index (χ1n) is 7.85. The first-order valence-corrected chi connectivity index (χ1v) is 7.85. The molecule has 3 aliphatic heterocycles. The highest BCUT2D eigenvalue weighted by molar-refractivity contribution is 6.15. The Morgan fingerprint density at radius 2 is 2.04 bits per heavy atom. The number of hydrazine groups is 1. The predicted molar refractivity (Wildman–Crippen MR) is 89.8 cm³/mol. The Balaban J connectivity index is 2.03. The molecule has 6 heteroatoms. The lowest BCUT2D eigenvalue weighted by Gasteiger charge is -2.32. The van der Waals surface area contributed by atoms with Crippen molar-refractivity contribution in [3.63, 3.8) is 0 Å². The second-order valence-corrected chi connectivity index (χ2v) is 6.36. The Morgan fingerprint density at radius 1 is 1.30 bits per heavy atom. The third-order valence-corrected chi connectivity index (χ3v) is 4.34. The minimum Gasteiger partial charge on any atom is -0.481 e. The standard InChI is InChI=1S/C17H24N4O2/c1-10(2)13-9-14-12(6-7-16(23-5)21(14)18-13)17-11(3)8-15(22)20(4)19-17/h6-10,13,15,18,22H,1-5H3. The summed E-state index contributed by atoms with van der Waals surface area (Å²) in [5.74, 6) is 1.22. The van der Waals surface area contributed by atoms with E-state index in [1.807, 2.05) is 30.2 Å². The Hall–Kier alpha value is -2.05. The molecule has 0 aromatic carbocycles. The number of methoxy groups -OCH3 is 1. The van der Waals surface area contributed by atoms with Gasteiger partial charge in [-0.25, -0.2) is 10.4 Å². The Kier molecular flexibility index (Phi) is 4.04. The van der Waals surface area contributed by atoms with Crippen molar-refractivity contribution >= 4 is 5.71 Å². The van der Waals surface area contributed by atoms with Crippen LogP contribution in [-0.4, -0.2) is 47.3 Å². The topological polar surface area (TPSA) is 60.3 Å². The third-order valence-electron chi connectivity index (χ3n) is 4.34. The van der Waals surface area contributed by atoms with Gasteiger partial charge in [-0.3, -0.25) is 5.01 Å². The number of fused-ring (bicyclic) bond motifs is 1. The molecule has 0 saturated carbocycles. The summed E-state index contributed by atoms with van der Waals surface area (Å²) < 4.78 is 5.47. The van der Waals surface area contributed by atoms with Crippen LogP contribution < -0.4 is 5.43 Å². The van der Waals surface area contributed by atoms with E-state index in [4.69, 9.17) is 4.74 Å². The molecule has 0 aromatic rings. The number of allylic oxidation sites excluding steroid dienone is 4. The highest BCUT2D eigenvalue weighted by Crippen LogP contribution is 2.33. The fourth-order valence-corrected chi connectivity index (χ4v) is 2.88. The van der Waals surface area contributed by atoms with E-state index in [2.05, 4.69) is 30.5 Å². The van der Waals surface area contributed by atoms with E-state index in [-0.39, 0.29) is 6.04 Å². The van der Waals surface area contributed by atoms with Crippen LogP contribution in [0.5, 0.6) is 0 Å². The van der Waals surface area contributed by atoms with Crippen molar-refractivity contribution in [1.82, 2.24) is 15.4 Å². The first-order chi connectivity index (χ1) is 10.9. The van der Waals surface area contributed by atoms with Gasteiger partial charge in [0.25, 0.3) is 0 Å². The molecule has 0 amide bonds. The minimum absolute atomic E-state index is 0.238. The monoisotopic (exact) mass is 316 g/mol. The van der Waals surface area contributed by atoms with Crippen LogP contribution in [0.25, 0.3) is 0 Å². The summed E-state index contributed by atoms with van der Waals surface area (Å²) in [4.78, 5) is 0.